The van der Waals surface area contributed by atoms with Crippen LogP contribution in [0.3, 0.4) is 0 Å². The van der Waals surface area contributed by atoms with Crippen LogP contribution in [-0.2, 0) is 21.4 Å². The Morgan fingerprint density at radius 2 is 1.97 bits per heavy atom. The molecule has 0 spiro atoms. The first-order chi connectivity index (χ1) is 14.6. The Hall–Kier alpha value is -1.52. The van der Waals surface area contributed by atoms with E-state index in [4.69, 9.17) is 40.5 Å². The van der Waals surface area contributed by atoms with E-state index in [2.05, 4.69) is 16.6 Å². The number of nitrogen functional groups attached to an aromatic ring is 1. The summed E-state index contributed by atoms with van der Waals surface area (Å²) in [5, 5.41) is 0.352. The van der Waals surface area contributed by atoms with Gasteiger partial charge in [0.2, 0.25) is 21.2 Å². The molecule has 1 saturated heterocycles. The van der Waals surface area contributed by atoms with Gasteiger partial charge in [0.15, 0.2) is 0 Å². The third-order valence-electron chi connectivity index (χ3n) is 5.32. The number of sulfonamides is 1. The molecule has 12 heteroatoms. The van der Waals surface area contributed by atoms with E-state index in [1.165, 1.54) is 18.3 Å². The maximum absolute atomic E-state index is 13.2. The molecular formula is C19H24Cl3N5O3S. The molecule has 1 amide bonds. The van der Waals surface area contributed by atoms with E-state index in [-0.39, 0.29) is 38.2 Å². The van der Waals surface area contributed by atoms with Gasteiger partial charge >= 0.3 is 0 Å². The minimum atomic E-state index is -4.20. The number of carbonyl (C=O) groups excluding carboxylic acids is 1. The second-order valence-corrected chi connectivity index (χ2v) is 10.5. The summed E-state index contributed by atoms with van der Waals surface area (Å²) in [4.78, 5) is 18.6. The van der Waals surface area contributed by atoms with Crippen molar-refractivity contribution in [3.8, 4) is 0 Å². The summed E-state index contributed by atoms with van der Waals surface area (Å²) in [6, 6.07) is 1.57. The van der Waals surface area contributed by atoms with Gasteiger partial charge in [-0.05, 0) is 48.9 Å². The monoisotopic (exact) mass is 507 g/mol. The lowest BCUT2D eigenvalue weighted by Crippen LogP contribution is -2.51. The summed E-state index contributed by atoms with van der Waals surface area (Å²) in [5.74, 6) is 0.229. The average molecular weight is 509 g/mol. The lowest BCUT2D eigenvalue weighted by Gasteiger charge is -2.33. The lowest BCUT2D eigenvalue weighted by atomic mass is 9.98. The van der Waals surface area contributed by atoms with Crippen LogP contribution in [0.5, 0.6) is 0 Å². The maximum Gasteiger partial charge on any atom is 0.244 e. The molecule has 1 atom stereocenters. The third kappa shape index (κ3) is 5.84. The highest BCUT2D eigenvalue weighted by Gasteiger charge is 2.32. The van der Waals surface area contributed by atoms with Crippen LogP contribution in [0.25, 0.3) is 0 Å². The standard InChI is InChI=1S/C19H24Cl3N5O3S/c1-12-2-6-26(7-3-12)18(28)16(4-8-27-9-5-24-19(27)22)25-31(29,30)17-14(21)10-13(20)11-15(17)23/h5,9-12,16,25H,2-4,6-8,23H2,1H3. The van der Waals surface area contributed by atoms with Crippen molar-refractivity contribution in [1.82, 2.24) is 19.2 Å². The fourth-order valence-electron chi connectivity index (χ4n) is 3.54. The number of carbonyl (C=O) groups is 1. The normalized spacial score (nSPS) is 16.5. The number of aromatic nitrogens is 2. The van der Waals surface area contributed by atoms with Crippen LogP contribution in [0.15, 0.2) is 29.4 Å². The lowest BCUT2D eigenvalue weighted by molar-refractivity contribution is -0.134. The van der Waals surface area contributed by atoms with E-state index in [1.807, 2.05) is 0 Å². The number of amides is 1. The number of nitrogens with one attached hydrogen (secondary N) is 1. The van der Waals surface area contributed by atoms with Crippen molar-refractivity contribution in [2.75, 3.05) is 18.8 Å². The topological polar surface area (TPSA) is 110 Å². The van der Waals surface area contributed by atoms with Gasteiger partial charge < -0.3 is 15.2 Å². The highest BCUT2D eigenvalue weighted by atomic mass is 35.5. The van der Waals surface area contributed by atoms with Crippen LogP contribution >= 0.6 is 34.8 Å². The molecular weight excluding hydrogens is 485 g/mol. The Morgan fingerprint density at radius 3 is 2.55 bits per heavy atom. The fraction of sp³-hybridized carbons (Fsp3) is 0.474. The maximum atomic E-state index is 13.2. The molecule has 0 saturated carbocycles. The molecule has 8 nitrogen and oxygen atoms in total. The number of anilines is 1. The van der Waals surface area contributed by atoms with E-state index in [0.717, 1.165) is 12.8 Å². The number of halogens is 3. The second-order valence-electron chi connectivity index (χ2n) is 7.67. The summed E-state index contributed by atoms with van der Waals surface area (Å²) in [7, 11) is -4.20. The molecule has 1 aliphatic heterocycles. The van der Waals surface area contributed by atoms with Crippen LogP contribution in [0, 0.1) is 5.92 Å². The van der Waals surface area contributed by atoms with Gasteiger partial charge in [0.25, 0.3) is 0 Å². The molecule has 0 aliphatic carbocycles. The molecule has 31 heavy (non-hydrogen) atoms. The number of imidazole rings is 1. The number of hydrogen-bond donors (Lipinski definition) is 2. The van der Waals surface area contributed by atoms with Gasteiger partial charge in [0.05, 0.1) is 10.7 Å². The Balaban J connectivity index is 1.86. The van der Waals surface area contributed by atoms with Gasteiger partial charge in [0, 0.05) is 37.1 Å². The van der Waals surface area contributed by atoms with Crippen molar-refractivity contribution in [3.63, 3.8) is 0 Å². The van der Waals surface area contributed by atoms with E-state index in [9.17, 15) is 13.2 Å². The number of hydrogen-bond acceptors (Lipinski definition) is 5. The summed E-state index contributed by atoms with van der Waals surface area (Å²) >= 11 is 18.0. The van der Waals surface area contributed by atoms with Crippen LogP contribution in [0.2, 0.25) is 15.3 Å². The third-order valence-corrected chi connectivity index (χ3v) is 7.85. The molecule has 1 aliphatic rings. The first-order valence-electron chi connectivity index (χ1n) is 9.80. The van der Waals surface area contributed by atoms with E-state index < -0.39 is 16.1 Å². The molecule has 3 N–H and O–H groups in total. The van der Waals surface area contributed by atoms with Crippen molar-refractivity contribution < 1.29 is 13.2 Å². The van der Waals surface area contributed by atoms with Gasteiger partial charge in [-0.3, -0.25) is 4.79 Å². The quantitative estimate of drug-likeness (QED) is 0.557. The minimum absolute atomic E-state index is 0.0966. The largest absolute Gasteiger partial charge is 0.398 e. The van der Waals surface area contributed by atoms with Crippen molar-refractivity contribution in [1.29, 1.82) is 0 Å². The van der Waals surface area contributed by atoms with E-state index in [0.29, 0.717) is 25.6 Å². The zero-order chi connectivity index (χ0) is 22.8. The number of nitrogens with two attached hydrogens (primary N) is 1. The highest BCUT2D eigenvalue weighted by Crippen LogP contribution is 2.31. The number of benzene rings is 1. The number of aryl methyl sites for hydroxylation is 1. The summed E-state index contributed by atoms with van der Waals surface area (Å²) in [6.07, 6.45) is 5.10. The number of piperidine rings is 1. The van der Waals surface area contributed by atoms with Crippen LogP contribution in [0.1, 0.15) is 26.2 Å². The molecule has 170 valence electrons. The second kappa shape index (κ2) is 9.95. The predicted molar refractivity (Wildman–Crippen MR) is 122 cm³/mol. The summed E-state index contributed by atoms with van der Waals surface area (Å²) in [6.45, 7) is 3.59. The Bertz CT molecular complexity index is 1030. The first kappa shape index (κ1) is 24.1. The van der Waals surface area contributed by atoms with Gasteiger partial charge in [-0.2, -0.15) is 4.72 Å². The highest BCUT2D eigenvalue weighted by molar-refractivity contribution is 7.89. The van der Waals surface area contributed by atoms with Crippen LogP contribution in [-0.4, -0.2) is 47.9 Å². The van der Waals surface area contributed by atoms with Crippen molar-refractivity contribution in [2.45, 2.75) is 43.7 Å². The van der Waals surface area contributed by atoms with Gasteiger partial charge in [-0.25, -0.2) is 13.4 Å². The molecule has 0 radical (unpaired) electrons. The molecule has 3 rings (SSSR count). The molecule has 1 unspecified atom stereocenters. The smallest absolute Gasteiger partial charge is 0.244 e. The number of likely N-dealkylation sites (tertiary alicyclic amines) is 1. The molecule has 2 aromatic rings. The predicted octanol–water partition coefficient (Wildman–Crippen LogP) is 3.42. The SMILES string of the molecule is CC1CCN(C(=O)C(CCn2ccnc2Cl)NS(=O)(=O)c2c(N)cc(Cl)cc2Cl)CC1. The van der Waals surface area contributed by atoms with Crippen LogP contribution in [0.4, 0.5) is 5.69 Å². The average Bonchev–Trinajstić information content (AvgIpc) is 3.09. The van der Waals surface area contributed by atoms with Gasteiger partial charge in [-0.1, -0.05) is 30.1 Å². The number of rotatable bonds is 7. The Kier molecular flexibility index (Phi) is 7.75. The molecule has 1 aromatic carbocycles. The number of nitrogens with zero attached hydrogens (tertiary/aromatic N) is 3. The Labute approximate surface area is 196 Å². The molecule has 2 heterocycles. The van der Waals surface area contributed by atoms with Crippen LogP contribution < -0.4 is 10.5 Å². The van der Waals surface area contributed by atoms with Crippen molar-refractivity contribution in [3.05, 3.63) is 39.9 Å². The molecule has 0 bridgehead atoms. The van der Waals surface area contributed by atoms with Gasteiger partial charge in [0.1, 0.15) is 10.9 Å². The Morgan fingerprint density at radius 1 is 1.29 bits per heavy atom. The zero-order valence-electron chi connectivity index (χ0n) is 16.9. The minimum Gasteiger partial charge on any atom is -0.398 e. The van der Waals surface area contributed by atoms with E-state index in [1.54, 1.807) is 15.7 Å². The zero-order valence-corrected chi connectivity index (χ0v) is 20.0. The molecule has 1 fully saturated rings. The van der Waals surface area contributed by atoms with Gasteiger partial charge in [-0.15, -0.1) is 0 Å². The van der Waals surface area contributed by atoms with Crippen molar-refractivity contribution >= 4 is 56.4 Å². The fourth-order valence-corrected chi connectivity index (χ4v) is 5.95. The van der Waals surface area contributed by atoms with E-state index >= 15 is 0 Å². The van der Waals surface area contributed by atoms with Crippen molar-refractivity contribution in [2.24, 2.45) is 5.92 Å². The first-order valence-corrected chi connectivity index (χ1v) is 12.4. The summed E-state index contributed by atoms with van der Waals surface area (Å²) in [5.41, 5.74) is 5.78. The molecule has 1 aromatic heterocycles. The summed E-state index contributed by atoms with van der Waals surface area (Å²) < 4.78 is 30.4.